The summed E-state index contributed by atoms with van der Waals surface area (Å²) in [6, 6.07) is 17.5. The molecule has 5 heteroatoms. The van der Waals surface area contributed by atoms with Crippen molar-refractivity contribution in [3.63, 3.8) is 0 Å². The fourth-order valence-corrected chi connectivity index (χ4v) is 3.14. The van der Waals surface area contributed by atoms with Gasteiger partial charge in [-0.15, -0.1) is 12.4 Å². The predicted molar refractivity (Wildman–Crippen MR) is 96.9 cm³/mol. The van der Waals surface area contributed by atoms with Crippen molar-refractivity contribution < 1.29 is 14.6 Å². The normalized spacial score (nSPS) is 19.8. The first kappa shape index (κ1) is 18.7. The molecule has 1 aliphatic heterocycles. The number of aliphatic hydroxyl groups is 1. The van der Waals surface area contributed by atoms with Crippen LogP contribution in [0.2, 0.25) is 0 Å². The van der Waals surface area contributed by atoms with Crippen LogP contribution in [0.3, 0.4) is 0 Å². The summed E-state index contributed by atoms with van der Waals surface area (Å²) in [5, 5.41) is 14.9. The molecular weight excluding hydrogens is 326 g/mol. The summed E-state index contributed by atoms with van der Waals surface area (Å²) in [5.41, 5.74) is 0.721. The second-order valence-corrected chi connectivity index (χ2v) is 5.84. The maximum atomic E-state index is 11.6. The number of benzene rings is 2. The van der Waals surface area contributed by atoms with E-state index in [1.54, 1.807) is 7.11 Å². The number of halogens is 1. The van der Waals surface area contributed by atoms with Gasteiger partial charge >= 0.3 is 0 Å². The SMILES string of the molecule is COc1ccccc1C[C@@](O)(c1ccccc1)[C@H]1CNCCO1.Cl. The standard InChI is InChI=1S/C19H23NO3.ClH/c1-22-17-10-6-5-7-15(17)13-19(21,16-8-3-2-4-9-16)18-14-20-11-12-23-18;/h2-10,18,20-21H,11-14H2,1H3;1H/t18-,19-;/m1./s1. The molecule has 0 amide bonds. The lowest BCUT2D eigenvalue weighted by Gasteiger charge is -2.39. The number of methoxy groups -OCH3 is 1. The van der Waals surface area contributed by atoms with E-state index in [0.29, 0.717) is 19.6 Å². The van der Waals surface area contributed by atoms with Gasteiger partial charge in [-0.3, -0.25) is 0 Å². The molecule has 0 aliphatic carbocycles. The molecule has 1 heterocycles. The third-order valence-corrected chi connectivity index (χ3v) is 4.39. The Labute approximate surface area is 149 Å². The summed E-state index contributed by atoms with van der Waals surface area (Å²) >= 11 is 0. The van der Waals surface area contributed by atoms with Gasteiger partial charge in [0.2, 0.25) is 0 Å². The van der Waals surface area contributed by atoms with Crippen molar-refractivity contribution in [1.29, 1.82) is 0 Å². The minimum Gasteiger partial charge on any atom is -0.496 e. The van der Waals surface area contributed by atoms with Gasteiger partial charge in [0, 0.05) is 19.5 Å². The molecule has 1 fully saturated rings. The van der Waals surface area contributed by atoms with Gasteiger partial charge in [-0.1, -0.05) is 48.5 Å². The van der Waals surface area contributed by atoms with E-state index in [4.69, 9.17) is 9.47 Å². The van der Waals surface area contributed by atoms with Crippen LogP contribution in [-0.2, 0) is 16.8 Å². The molecule has 2 aromatic rings. The summed E-state index contributed by atoms with van der Waals surface area (Å²) in [6.45, 7) is 2.04. The Hall–Kier alpha value is -1.59. The maximum Gasteiger partial charge on any atom is 0.122 e. The lowest BCUT2D eigenvalue weighted by atomic mass is 9.81. The van der Waals surface area contributed by atoms with Gasteiger partial charge in [-0.05, 0) is 17.2 Å². The molecular formula is C19H24ClNO3. The van der Waals surface area contributed by atoms with Crippen LogP contribution >= 0.6 is 12.4 Å². The maximum absolute atomic E-state index is 11.6. The lowest BCUT2D eigenvalue weighted by Crippen LogP contribution is -2.52. The molecule has 24 heavy (non-hydrogen) atoms. The topological polar surface area (TPSA) is 50.7 Å². The highest BCUT2D eigenvalue weighted by Crippen LogP contribution is 2.34. The number of para-hydroxylation sites is 1. The average Bonchev–Trinajstić information content (AvgIpc) is 2.63. The van der Waals surface area contributed by atoms with E-state index in [1.165, 1.54) is 0 Å². The fourth-order valence-electron chi connectivity index (χ4n) is 3.14. The monoisotopic (exact) mass is 349 g/mol. The predicted octanol–water partition coefficient (Wildman–Crippen LogP) is 2.54. The van der Waals surface area contributed by atoms with Gasteiger partial charge in [0.05, 0.1) is 13.7 Å². The van der Waals surface area contributed by atoms with Crippen molar-refractivity contribution in [1.82, 2.24) is 5.32 Å². The van der Waals surface area contributed by atoms with Gasteiger partial charge < -0.3 is 19.9 Å². The Balaban J connectivity index is 0.00000208. The van der Waals surface area contributed by atoms with Crippen LogP contribution < -0.4 is 10.1 Å². The molecule has 2 N–H and O–H groups in total. The van der Waals surface area contributed by atoms with Crippen molar-refractivity contribution in [2.24, 2.45) is 0 Å². The van der Waals surface area contributed by atoms with E-state index in [0.717, 1.165) is 23.4 Å². The van der Waals surface area contributed by atoms with Crippen LogP contribution in [-0.4, -0.2) is 38.0 Å². The first-order valence-corrected chi connectivity index (χ1v) is 7.96. The van der Waals surface area contributed by atoms with Crippen molar-refractivity contribution in [2.45, 2.75) is 18.1 Å². The van der Waals surface area contributed by atoms with Crippen molar-refractivity contribution >= 4 is 12.4 Å². The third-order valence-electron chi connectivity index (χ3n) is 4.39. The minimum atomic E-state index is -1.11. The fraction of sp³-hybridized carbons (Fsp3) is 0.368. The number of hydrogen-bond acceptors (Lipinski definition) is 4. The molecule has 3 rings (SSSR count). The van der Waals surface area contributed by atoms with Crippen molar-refractivity contribution in [2.75, 3.05) is 26.8 Å². The first-order valence-electron chi connectivity index (χ1n) is 7.96. The molecule has 2 atom stereocenters. The Morgan fingerprint density at radius 2 is 1.88 bits per heavy atom. The summed E-state index contributed by atoms with van der Waals surface area (Å²) in [6.07, 6.45) is 0.136. The number of nitrogens with one attached hydrogen (secondary N) is 1. The highest BCUT2D eigenvalue weighted by atomic mass is 35.5. The van der Waals surface area contributed by atoms with E-state index in [2.05, 4.69) is 5.32 Å². The van der Waals surface area contributed by atoms with E-state index in [-0.39, 0.29) is 18.5 Å². The molecule has 0 aromatic heterocycles. The Morgan fingerprint density at radius 3 is 2.54 bits per heavy atom. The smallest absolute Gasteiger partial charge is 0.122 e. The Kier molecular flexibility index (Phi) is 6.63. The lowest BCUT2D eigenvalue weighted by molar-refractivity contribution is -0.124. The van der Waals surface area contributed by atoms with E-state index >= 15 is 0 Å². The average molecular weight is 350 g/mol. The van der Waals surface area contributed by atoms with Crippen LogP contribution in [0.25, 0.3) is 0 Å². The van der Waals surface area contributed by atoms with Gasteiger partial charge in [0.15, 0.2) is 0 Å². The molecule has 0 radical (unpaired) electrons. The van der Waals surface area contributed by atoms with Crippen molar-refractivity contribution in [3.05, 3.63) is 65.7 Å². The van der Waals surface area contributed by atoms with Crippen LogP contribution in [0.1, 0.15) is 11.1 Å². The van der Waals surface area contributed by atoms with Crippen molar-refractivity contribution in [3.8, 4) is 5.75 Å². The van der Waals surface area contributed by atoms with Crippen LogP contribution in [0.15, 0.2) is 54.6 Å². The van der Waals surface area contributed by atoms with Gasteiger partial charge in [0.1, 0.15) is 17.5 Å². The summed E-state index contributed by atoms with van der Waals surface area (Å²) in [7, 11) is 1.65. The summed E-state index contributed by atoms with van der Waals surface area (Å²) in [4.78, 5) is 0. The number of rotatable bonds is 5. The molecule has 1 saturated heterocycles. The van der Waals surface area contributed by atoms with Gasteiger partial charge in [-0.25, -0.2) is 0 Å². The Bertz CT molecular complexity index is 632. The number of hydrogen-bond donors (Lipinski definition) is 2. The van der Waals surface area contributed by atoms with E-state index in [9.17, 15) is 5.11 Å². The molecule has 4 nitrogen and oxygen atoms in total. The highest BCUT2D eigenvalue weighted by molar-refractivity contribution is 5.85. The largest absolute Gasteiger partial charge is 0.496 e. The first-order chi connectivity index (χ1) is 11.2. The number of morpholine rings is 1. The molecule has 0 spiro atoms. The zero-order chi connectivity index (χ0) is 16.1. The molecule has 130 valence electrons. The quantitative estimate of drug-likeness (QED) is 0.871. The van der Waals surface area contributed by atoms with Crippen LogP contribution in [0, 0.1) is 0 Å². The molecule has 1 aliphatic rings. The second kappa shape index (κ2) is 8.49. The zero-order valence-corrected chi connectivity index (χ0v) is 14.6. The zero-order valence-electron chi connectivity index (χ0n) is 13.8. The van der Waals surface area contributed by atoms with Crippen LogP contribution in [0.4, 0.5) is 0 Å². The third kappa shape index (κ3) is 3.90. The van der Waals surface area contributed by atoms with E-state index in [1.807, 2.05) is 54.6 Å². The van der Waals surface area contributed by atoms with Crippen LogP contribution in [0.5, 0.6) is 5.75 Å². The molecule has 0 bridgehead atoms. The minimum absolute atomic E-state index is 0. The van der Waals surface area contributed by atoms with Gasteiger partial charge in [-0.2, -0.15) is 0 Å². The second-order valence-electron chi connectivity index (χ2n) is 5.84. The molecule has 2 aromatic carbocycles. The summed E-state index contributed by atoms with van der Waals surface area (Å²) in [5.74, 6) is 0.783. The van der Waals surface area contributed by atoms with Gasteiger partial charge in [0.25, 0.3) is 0 Å². The van der Waals surface area contributed by atoms with E-state index < -0.39 is 5.60 Å². The highest BCUT2D eigenvalue weighted by Gasteiger charge is 2.40. The Morgan fingerprint density at radius 1 is 1.17 bits per heavy atom. The number of ether oxygens (including phenoxy) is 2. The summed E-state index contributed by atoms with van der Waals surface area (Å²) < 4.78 is 11.3. The molecule has 0 saturated carbocycles. The molecule has 0 unspecified atom stereocenters.